The van der Waals surface area contributed by atoms with Crippen LogP contribution in [0, 0.1) is 5.92 Å². The van der Waals surface area contributed by atoms with Crippen LogP contribution in [-0.4, -0.2) is 62.7 Å². The van der Waals surface area contributed by atoms with Gasteiger partial charge in [-0.25, -0.2) is 0 Å². The second kappa shape index (κ2) is 11.5. The van der Waals surface area contributed by atoms with Crippen molar-refractivity contribution in [2.24, 2.45) is 5.92 Å². The molecule has 0 bridgehead atoms. The molecule has 0 radical (unpaired) electrons. The van der Waals surface area contributed by atoms with Crippen LogP contribution < -0.4 is 15.0 Å². The number of benzene rings is 2. The quantitative estimate of drug-likeness (QED) is 0.651. The van der Waals surface area contributed by atoms with Gasteiger partial charge in [0.25, 0.3) is 5.91 Å². The van der Waals surface area contributed by atoms with E-state index in [1.165, 1.54) is 0 Å². The van der Waals surface area contributed by atoms with Crippen molar-refractivity contribution in [3.63, 3.8) is 0 Å². The number of rotatable bonds is 9. The van der Waals surface area contributed by atoms with Crippen LogP contribution in [0.4, 0.5) is 5.69 Å². The van der Waals surface area contributed by atoms with Gasteiger partial charge in [-0.15, -0.1) is 0 Å². The summed E-state index contributed by atoms with van der Waals surface area (Å²) in [4.78, 5) is 29.4. The van der Waals surface area contributed by atoms with Crippen LogP contribution in [0.15, 0.2) is 54.6 Å². The normalized spacial score (nSPS) is 14.7. The topological polar surface area (TPSA) is 71.1 Å². The molecule has 7 heteroatoms. The van der Waals surface area contributed by atoms with Crippen LogP contribution in [-0.2, 0) is 20.9 Å². The molecule has 1 aliphatic rings. The number of likely N-dealkylation sites (N-methyl/N-ethyl adjacent to an activating group) is 1. The number of ether oxygens (including phenoxy) is 2. The number of amides is 2. The van der Waals surface area contributed by atoms with Crippen molar-refractivity contribution in [3.05, 3.63) is 60.2 Å². The maximum Gasteiger partial charge on any atom is 0.258 e. The molecule has 3 rings (SSSR count). The Kier molecular flexibility index (Phi) is 8.50. The third-order valence-electron chi connectivity index (χ3n) is 5.47. The highest BCUT2D eigenvalue weighted by Crippen LogP contribution is 2.18. The predicted octanol–water partition coefficient (Wildman–Crippen LogP) is 2.70. The molecule has 2 amide bonds. The summed E-state index contributed by atoms with van der Waals surface area (Å²) in [5, 5.41) is 2.83. The van der Waals surface area contributed by atoms with Crippen molar-refractivity contribution < 1.29 is 19.1 Å². The van der Waals surface area contributed by atoms with Gasteiger partial charge < -0.3 is 24.6 Å². The molecule has 1 aliphatic heterocycles. The van der Waals surface area contributed by atoms with E-state index in [2.05, 4.69) is 22.3 Å². The molecule has 1 heterocycles. The molecule has 32 heavy (non-hydrogen) atoms. The maximum atomic E-state index is 13.1. The summed E-state index contributed by atoms with van der Waals surface area (Å²) in [5.41, 5.74) is 2.20. The van der Waals surface area contributed by atoms with Gasteiger partial charge in [0.2, 0.25) is 5.91 Å². The standard InChI is InChI=1S/C25H33N3O4/c1-19(2)24(26-23(29)18-32-22-7-5-4-6-8-22)25(30)27(3)17-20-9-11-21(12-10-20)28-13-15-31-16-14-28/h4-12,19,24H,13-18H2,1-3H3,(H,26,29)/t24-/m0/s1. The van der Waals surface area contributed by atoms with Gasteiger partial charge in [-0.2, -0.15) is 0 Å². The summed E-state index contributed by atoms with van der Waals surface area (Å²) < 4.78 is 10.9. The average molecular weight is 440 g/mol. The first-order chi connectivity index (χ1) is 15.4. The second-order valence-corrected chi connectivity index (χ2v) is 8.35. The fourth-order valence-electron chi connectivity index (χ4n) is 3.62. The summed E-state index contributed by atoms with van der Waals surface area (Å²) in [6.45, 7) is 7.46. The SMILES string of the molecule is CC(C)[C@H](NC(=O)COc1ccccc1)C(=O)N(C)Cc1ccc(N2CCOCC2)cc1. The third-order valence-corrected chi connectivity index (χ3v) is 5.47. The van der Waals surface area contributed by atoms with Crippen molar-refractivity contribution >= 4 is 17.5 Å². The first-order valence-corrected chi connectivity index (χ1v) is 11.1. The fraction of sp³-hybridized carbons (Fsp3) is 0.440. The average Bonchev–Trinajstić information content (AvgIpc) is 2.82. The van der Waals surface area contributed by atoms with Crippen LogP contribution in [0.5, 0.6) is 5.75 Å². The van der Waals surface area contributed by atoms with E-state index in [9.17, 15) is 9.59 Å². The van der Waals surface area contributed by atoms with Crippen LogP contribution >= 0.6 is 0 Å². The van der Waals surface area contributed by atoms with Crippen LogP contribution in [0.3, 0.4) is 0 Å². The molecule has 1 saturated heterocycles. The van der Waals surface area contributed by atoms with E-state index in [1.54, 1.807) is 24.1 Å². The molecule has 2 aromatic rings. The number of nitrogens with one attached hydrogen (secondary N) is 1. The number of morpholine rings is 1. The zero-order valence-corrected chi connectivity index (χ0v) is 19.1. The van der Waals surface area contributed by atoms with Gasteiger partial charge in [0.15, 0.2) is 6.61 Å². The highest BCUT2D eigenvalue weighted by atomic mass is 16.5. The largest absolute Gasteiger partial charge is 0.484 e. The molecule has 1 fully saturated rings. The van der Waals surface area contributed by atoms with Gasteiger partial charge >= 0.3 is 0 Å². The van der Waals surface area contributed by atoms with E-state index in [1.807, 2.05) is 44.2 Å². The molecule has 2 aromatic carbocycles. The lowest BCUT2D eigenvalue weighted by atomic mass is 10.0. The molecule has 0 spiro atoms. The highest BCUT2D eigenvalue weighted by molar-refractivity contribution is 5.88. The Balaban J connectivity index is 1.53. The Hall–Kier alpha value is -3.06. The number of nitrogens with zero attached hydrogens (tertiary/aromatic N) is 2. The van der Waals surface area contributed by atoms with Crippen molar-refractivity contribution in [2.75, 3.05) is 44.9 Å². The van der Waals surface area contributed by atoms with Gasteiger partial charge in [0.05, 0.1) is 13.2 Å². The summed E-state index contributed by atoms with van der Waals surface area (Å²) in [5.74, 6) is 0.136. The maximum absolute atomic E-state index is 13.1. The smallest absolute Gasteiger partial charge is 0.258 e. The van der Waals surface area contributed by atoms with Gasteiger partial charge in [-0.3, -0.25) is 9.59 Å². The summed E-state index contributed by atoms with van der Waals surface area (Å²) in [6.07, 6.45) is 0. The lowest BCUT2D eigenvalue weighted by Crippen LogP contribution is -2.51. The lowest BCUT2D eigenvalue weighted by molar-refractivity contribution is -0.137. The summed E-state index contributed by atoms with van der Waals surface area (Å²) in [7, 11) is 1.76. The van der Waals surface area contributed by atoms with Crippen molar-refractivity contribution in [1.29, 1.82) is 0 Å². The first kappa shape index (κ1) is 23.6. The fourth-order valence-corrected chi connectivity index (χ4v) is 3.62. The second-order valence-electron chi connectivity index (χ2n) is 8.35. The number of hydrogen-bond donors (Lipinski definition) is 1. The minimum atomic E-state index is -0.612. The van der Waals surface area contributed by atoms with Crippen molar-refractivity contribution in [3.8, 4) is 5.75 Å². The summed E-state index contributed by atoms with van der Waals surface area (Å²) >= 11 is 0. The van der Waals surface area contributed by atoms with Gasteiger partial charge in [0, 0.05) is 32.4 Å². The minimum Gasteiger partial charge on any atom is -0.484 e. The molecule has 0 saturated carbocycles. The molecular weight excluding hydrogens is 406 g/mol. The van der Waals surface area contributed by atoms with E-state index in [4.69, 9.17) is 9.47 Å². The number of carbonyl (C=O) groups is 2. The zero-order valence-electron chi connectivity index (χ0n) is 19.1. The van der Waals surface area contributed by atoms with Crippen LogP contribution in [0.25, 0.3) is 0 Å². The minimum absolute atomic E-state index is 0.0469. The van der Waals surface area contributed by atoms with Crippen LogP contribution in [0.2, 0.25) is 0 Å². The number of para-hydroxylation sites is 1. The number of hydrogen-bond acceptors (Lipinski definition) is 5. The molecule has 1 N–H and O–H groups in total. The van der Waals surface area contributed by atoms with Crippen molar-refractivity contribution in [1.82, 2.24) is 10.2 Å². The van der Waals surface area contributed by atoms with E-state index in [-0.39, 0.29) is 24.3 Å². The third kappa shape index (κ3) is 6.72. The molecule has 1 atom stereocenters. The predicted molar refractivity (Wildman–Crippen MR) is 125 cm³/mol. The zero-order chi connectivity index (χ0) is 22.9. The number of carbonyl (C=O) groups excluding carboxylic acids is 2. The summed E-state index contributed by atoms with van der Waals surface area (Å²) in [6, 6.07) is 16.8. The van der Waals surface area contributed by atoms with Crippen LogP contribution in [0.1, 0.15) is 19.4 Å². The Bertz CT molecular complexity index is 865. The molecule has 172 valence electrons. The first-order valence-electron chi connectivity index (χ1n) is 11.1. The van der Waals surface area contributed by atoms with Gasteiger partial charge in [-0.1, -0.05) is 44.2 Å². The van der Waals surface area contributed by atoms with E-state index < -0.39 is 6.04 Å². The van der Waals surface area contributed by atoms with E-state index in [0.717, 1.165) is 37.6 Å². The molecule has 0 unspecified atom stereocenters. The number of anilines is 1. The Morgan fingerprint density at radius 3 is 2.34 bits per heavy atom. The van der Waals surface area contributed by atoms with Gasteiger partial charge in [-0.05, 0) is 35.7 Å². The van der Waals surface area contributed by atoms with Gasteiger partial charge in [0.1, 0.15) is 11.8 Å². The molecular formula is C25H33N3O4. The molecule has 7 nitrogen and oxygen atoms in total. The van der Waals surface area contributed by atoms with E-state index >= 15 is 0 Å². The molecule has 0 aromatic heterocycles. The Morgan fingerprint density at radius 2 is 1.72 bits per heavy atom. The molecule has 0 aliphatic carbocycles. The lowest BCUT2D eigenvalue weighted by Gasteiger charge is -2.29. The Labute approximate surface area is 190 Å². The van der Waals surface area contributed by atoms with Crippen molar-refractivity contribution in [2.45, 2.75) is 26.4 Å². The van der Waals surface area contributed by atoms with E-state index in [0.29, 0.717) is 12.3 Å². The monoisotopic (exact) mass is 439 g/mol. The highest BCUT2D eigenvalue weighted by Gasteiger charge is 2.27. The Morgan fingerprint density at radius 1 is 1.06 bits per heavy atom.